The third-order valence-corrected chi connectivity index (χ3v) is 13.7. The quantitative estimate of drug-likeness (QED) is 0.0481. The van der Waals surface area contributed by atoms with E-state index in [-0.39, 0.29) is 43.5 Å². The molecule has 0 aromatic carbocycles. The van der Waals surface area contributed by atoms with E-state index in [1.165, 1.54) is 6.08 Å². The van der Waals surface area contributed by atoms with Crippen LogP contribution in [0.1, 0.15) is 183 Å². The van der Waals surface area contributed by atoms with Crippen molar-refractivity contribution in [2.24, 2.45) is 40.1 Å². The van der Waals surface area contributed by atoms with Crippen LogP contribution < -0.4 is 11.5 Å². The van der Waals surface area contributed by atoms with Gasteiger partial charge in [0.1, 0.15) is 6.10 Å². The largest absolute Gasteiger partial charge is 0.461 e. The summed E-state index contributed by atoms with van der Waals surface area (Å²) < 4.78 is 6.35. The van der Waals surface area contributed by atoms with Gasteiger partial charge < -0.3 is 72.4 Å². The van der Waals surface area contributed by atoms with Crippen molar-refractivity contribution in [3.05, 3.63) is 23.3 Å². The van der Waals surface area contributed by atoms with Crippen molar-refractivity contribution in [3.8, 4) is 0 Å². The van der Waals surface area contributed by atoms with E-state index in [1.54, 1.807) is 6.92 Å². The van der Waals surface area contributed by atoms with Gasteiger partial charge in [-0.05, 0) is 134 Å². The summed E-state index contributed by atoms with van der Waals surface area (Å²) in [6, 6.07) is 0. The average molecular weight is 960 g/mol. The number of hydrogen-bond donors (Lipinski definition) is 13. The lowest BCUT2D eigenvalue weighted by Crippen LogP contribution is -2.42. The van der Waals surface area contributed by atoms with Crippen LogP contribution in [0.25, 0.3) is 0 Å². The van der Waals surface area contributed by atoms with Crippen LogP contribution in [0.5, 0.6) is 0 Å². The van der Waals surface area contributed by atoms with Crippen LogP contribution >= 0.6 is 0 Å². The van der Waals surface area contributed by atoms with Gasteiger partial charge in [-0.25, -0.2) is 0 Å². The Bertz CT molecular complexity index is 1400. The summed E-state index contributed by atoms with van der Waals surface area (Å²) >= 11 is 0. The third-order valence-electron chi connectivity index (χ3n) is 13.7. The molecular formula is C51H97N3O13. The maximum Gasteiger partial charge on any atom is 0.311 e. The number of ether oxygens (including phenoxy) is 1. The fraction of sp³-hybridized carbons (Fsp3) is 0.882. The van der Waals surface area contributed by atoms with E-state index < -0.39 is 91.1 Å². The van der Waals surface area contributed by atoms with Gasteiger partial charge in [-0.3, -0.25) is 9.79 Å². The normalized spacial score (nSPS) is 36.3. The van der Waals surface area contributed by atoms with Crippen molar-refractivity contribution in [2.45, 2.75) is 256 Å². The summed E-state index contributed by atoms with van der Waals surface area (Å²) in [7, 11) is 0. The van der Waals surface area contributed by atoms with Gasteiger partial charge in [-0.15, -0.1) is 0 Å². The van der Waals surface area contributed by atoms with Crippen molar-refractivity contribution in [3.63, 3.8) is 0 Å². The maximum absolute atomic E-state index is 14.2. The van der Waals surface area contributed by atoms with E-state index in [4.69, 9.17) is 16.2 Å². The lowest BCUT2D eigenvalue weighted by atomic mass is 9.83. The maximum atomic E-state index is 14.2. The number of nitrogens with zero attached hydrogens (tertiary/aromatic N) is 1. The molecule has 0 saturated heterocycles. The first kappa shape index (κ1) is 62.8. The standard InChI is InChI=1S/C51H97N3O13/c1-7-8-9-20-43-48(65)33(3)23-24-38(56)18-12-17-37(55)19-13-21-44(61)34(4)27-46(63)47(64)31-42(60)30-41(59)29-40(58)28-39(57)16-11-10-15-32(2)26-35(5)49(67-50(43)66)36(6)45(62)22-14-25-54-51(52)53/h26-27,33,35-49,55-65H,7-25,28-31H2,1-6H3,(H4,52,53,54)/b32-26+,34-27+. The number of rotatable bonds is 10. The minimum Gasteiger partial charge on any atom is -0.461 e. The second-order valence-corrected chi connectivity index (χ2v) is 20.3. The molecule has 0 saturated carbocycles. The van der Waals surface area contributed by atoms with Gasteiger partial charge in [0.15, 0.2) is 5.96 Å². The van der Waals surface area contributed by atoms with Gasteiger partial charge in [0.2, 0.25) is 0 Å². The molecule has 1 heterocycles. The molecule has 16 heteroatoms. The Hall–Kier alpha value is -2.22. The van der Waals surface area contributed by atoms with E-state index in [9.17, 15) is 61.0 Å². The molecule has 1 rings (SSSR count). The van der Waals surface area contributed by atoms with Crippen molar-refractivity contribution >= 4 is 11.9 Å². The molecule has 0 aromatic heterocycles. The van der Waals surface area contributed by atoms with E-state index >= 15 is 0 Å². The molecule has 1 aliphatic heterocycles. The number of aliphatic imine (C=N–C) groups is 1. The number of unbranched alkanes of at least 4 members (excludes halogenated alkanes) is 2. The molecular weight excluding hydrogens is 863 g/mol. The van der Waals surface area contributed by atoms with Crippen LogP contribution in [-0.2, 0) is 9.53 Å². The molecule has 0 radical (unpaired) electrons. The number of guanidine groups is 1. The highest BCUT2D eigenvalue weighted by molar-refractivity contribution is 5.75. The van der Waals surface area contributed by atoms with Gasteiger partial charge in [-0.1, -0.05) is 71.1 Å². The smallest absolute Gasteiger partial charge is 0.311 e. The number of allylic oxidation sites excluding steroid dienone is 1. The summed E-state index contributed by atoms with van der Waals surface area (Å²) in [5.74, 6) is -2.50. The molecule has 0 aliphatic carbocycles. The Kier molecular flexibility index (Phi) is 32.8. The Morgan fingerprint density at radius 3 is 1.90 bits per heavy atom. The molecule has 0 spiro atoms. The average Bonchev–Trinajstić information content (AvgIpc) is 3.24. The Balaban J connectivity index is 3.31. The van der Waals surface area contributed by atoms with Gasteiger partial charge in [0.05, 0.1) is 73.1 Å². The summed E-state index contributed by atoms with van der Waals surface area (Å²) in [5, 5.41) is 119. The van der Waals surface area contributed by atoms with E-state index in [1.807, 2.05) is 33.8 Å². The molecule has 0 bridgehead atoms. The number of nitrogens with two attached hydrogens (primary N) is 2. The highest BCUT2D eigenvalue weighted by Gasteiger charge is 2.37. The monoisotopic (exact) mass is 960 g/mol. The van der Waals surface area contributed by atoms with Gasteiger partial charge in [-0.2, -0.15) is 0 Å². The summed E-state index contributed by atoms with van der Waals surface area (Å²) in [4.78, 5) is 18.3. The molecule has 0 amide bonds. The van der Waals surface area contributed by atoms with E-state index in [0.29, 0.717) is 102 Å². The van der Waals surface area contributed by atoms with Crippen LogP contribution in [0, 0.1) is 23.7 Å². The first-order valence-electron chi connectivity index (χ1n) is 25.7. The number of hydrogen-bond acceptors (Lipinski definition) is 14. The molecule has 16 nitrogen and oxygen atoms in total. The number of carbonyl (C=O) groups is 1. The SMILES string of the molecule is CCCCCC1C(=O)OC(C(C)C(O)CCCN=C(N)N)C(C)/C=C(\C)CCCCC(O)CC(O)CC(O)CC(O)CC(O)C(O)/C=C(\C)C(O)CCCC(O)CCCC(O)CCC(C)C1O. The zero-order valence-corrected chi connectivity index (χ0v) is 42.0. The fourth-order valence-corrected chi connectivity index (χ4v) is 9.29. The van der Waals surface area contributed by atoms with Crippen LogP contribution in [0.4, 0.5) is 0 Å². The number of esters is 1. The molecule has 15 N–H and O–H groups in total. The molecule has 394 valence electrons. The Labute approximate surface area is 402 Å². The molecule has 16 unspecified atom stereocenters. The number of cyclic esters (lactones) is 1. The van der Waals surface area contributed by atoms with Crippen LogP contribution in [0.2, 0.25) is 0 Å². The lowest BCUT2D eigenvalue weighted by Gasteiger charge is -2.34. The predicted octanol–water partition coefficient (Wildman–Crippen LogP) is 4.17. The molecule has 16 atom stereocenters. The van der Waals surface area contributed by atoms with Crippen LogP contribution in [0.15, 0.2) is 28.3 Å². The highest BCUT2D eigenvalue weighted by Crippen LogP contribution is 2.31. The number of aliphatic hydroxyl groups excluding tert-OH is 11. The second-order valence-electron chi connectivity index (χ2n) is 20.3. The van der Waals surface area contributed by atoms with Crippen molar-refractivity contribution in [1.29, 1.82) is 0 Å². The third kappa shape index (κ3) is 27.7. The van der Waals surface area contributed by atoms with Gasteiger partial charge >= 0.3 is 5.97 Å². The van der Waals surface area contributed by atoms with Crippen LogP contribution in [0.3, 0.4) is 0 Å². The minimum atomic E-state index is -1.38. The summed E-state index contributed by atoms with van der Waals surface area (Å²) in [6.45, 7) is 11.7. The summed E-state index contributed by atoms with van der Waals surface area (Å²) in [6.07, 6.45) is 0.977. The number of aliphatic hydroxyl groups is 11. The zero-order valence-electron chi connectivity index (χ0n) is 42.0. The van der Waals surface area contributed by atoms with Crippen molar-refractivity contribution < 1.29 is 65.7 Å². The first-order valence-corrected chi connectivity index (χ1v) is 25.7. The predicted molar refractivity (Wildman–Crippen MR) is 262 cm³/mol. The molecule has 1 aliphatic rings. The lowest BCUT2D eigenvalue weighted by molar-refractivity contribution is -0.167. The van der Waals surface area contributed by atoms with E-state index in [2.05, 4.69) is 11.9 Å². The molecule has 0 fully saturated rings. The first-order chi connectivity index (χ1) is 31.5. The number of carbonyl (C=O) groups excluding carboxylic acids is 1. The summed E-state index contributed by atoms with van der Waals surface area (Å²) in [5.41, 5.74) is 12.4. The minimum absolute atomic E-state index is 0.0276. The molecule has 0 aromatic rings. The second kappa shape index (κ2) is 35.0. The van der Waals surface area contributed by atoms with Crippen LogP contribution in [-0.4, -0.2) is 148 Å². The Morgan fingerprint density at radius 1 is 0.716 bits per heavy atom. The van der Waals surface area contributed by atoms with Crippen molar-refractivity contribution in [2.75, 3.05) is 6.54 Å². The topological polar surface area (TPSA) is 313 Å². The fourth-order valence-electron chi connectivity index (χ4n) is 9.29. The van der Waals surface area contributed by atoms with E-state index in [0.717, 1.165) is 31.3 Å². The highest BCUT2D eigenvalue weighted by atomic mass is 16.5. The van der Waals surface area contributed by atoms with Gasteiger partial charge in [0.25, 0.3) is 0 Å². The van der Waals surface area contributed by atoms with Gasteiger partial charge in [0, 0.05) is 24.8 Å². The zero-order chi connectivity index (χ0) is 50.6. The van der Waals surface area contributed by atoms with Crippen molar-refractivity contribution in [1.82, 2.24) is 0 Å². The molecule has 67 heavy (non-hydrogen) atoms. The Morgan fingerprint density at radius 2 is 1.28 bits per heavy atom.